The van der Waals surface area contributed by atoms with Gasteiger partial charge in [0.25, 0.3) is 0 Å². The summed E-state index contributed by atoms with van der Waals surface area (Å²) < 4.78 is 5.12. The second-order valence-electron chi connectivity index (χ2n) is 2.25. The number of aldehydes is 1. The zero-order valence-corrected chi connectivity index (χ0v) is 6.46. The lowest BCUT2D eigenvalue weighted by Crippen LogP contribution is -1.85. The number of carbonyl (C=O) groups is 1. The number of rotatable bonds is 3. The van der Waals surface area contributed by atoms with Gasteiger partial charge in [-0.2, -0.15) is 0 Å². The molecule has 0 saturated carbocycles. The molecular weight excluding hydrogens is 140 g/mol. The van der Waals surface area contributed by atoms with E-state index >= 15 is 0 Å². The molecular formula is C9H10O2. The predicted octanol–water partition coefficient (Wildman–Crippen LogP) is 2.05. The molecule has 0 N–H and O–H groups in total. The molecule has 0 radical (unpaired) electrons. The fourth-order valence-corrected chi connectivity index (χ4v) is 0.964. The molecule has 0 spiro atoms. The minimum absolute atomic E-state index is 0.482. The van der Waals surface area contributed by atoms with E-state index < -0.39 is 0 Å². The smallest absolute Gasteiger partial charge is 0.150 e. The maximum atomic E-state index is 10.3. The molecule has 1 rings (SSSR count). The summed E-state index contributed by atoms with van der Waals surface area (Å²) in [4.78, 5) is 10.3. The number of hydrogen-bond donors (Lipinski definition) is 0. The van der Waals surface area contributed by atoms with Crippen molar-refractivity contribution in [3.8, 4) is 0 Å². The van der Waals surface area contributed by atoms with Crippen LogP contribution in [0.5, 0.6) is 0 Å². The summed E-state index contributed by atoms with van der Waals surface area (Å²) in [5.41, 5.74) is 1.30. The molecule has 1 heterocycles. The Morgan fingerprint density at radius 2 is 2.55 bits per heavy atom. The first kappa shape index (κ1) is 7.79. The monoisotopic (exact) mass is 150 g/mol. The lowest BCUT2D eigenvalue weighted by molar-refractivity contribution is -0.103. The van der Waals surface area contributed by atoms with Crippen molar-refractivity contribution in [2.24, 2.45) is 0 Å². The number of carbonyl (C=O) groups excluding carboxylic acids is 1. The average Bonchev–Trinajstić information content (AvgIpc) is 2.50. The first-order valence-electron chi connectivity index (χ1n) is 3.50. The highest BCUT2D eigenvalue weighted by Crippen LogP contribution is 2.17. The summed E-state index contributed by atoms with van der Waals surface area (Å²) >= 11 is 0. The maximum absolute atomic E-state index is 10.3. The minimum atomic E-state index is 0.482. The van der Waals surface area contributed by atoms with E-state index in [4.69, 9.17) is 4.42 Å². The fraction of sp³-hybridized carbons (Fsp3) is 0.222. The van der Waals surface area contributed by atoms with Crippen molar-refractivity contribution in [3.63, 3.8) is 0 Å². The highest BCUT2D eigenvalue weighted by molar-refractivity contribution is 6.06. The van der Waals surface area contributed by atoms with E-state index in [0.717, 1.165) is 24.0 Å². The molecule has 0 atom stereocenters. The van der Waals surface area contributed by atoms with Crippen LogP contribution in [-0.2, 0) is 11.2 Å². The van der Waals surface area contributed by atoms with Crippen molar-refractivity contribution in [3.05, 3.63) is 30.2 Å². The van der Waals surface area contributed by atoms with Crippen LogP contribution in [0.25, 0.3) is 5.57 Å². The molecule has 11 heavy (non-hydrogen) atoms. The van der Waals surface area contributed by atoms with Crippen LogP contribution in [0, 0.1) is 0 Å². The number of allylic oxidation sites excluding steroid dienone is 1. The van der Waals surface area contributed by atoms with Crippen LogP contribution in [0.4, 0.5) is 0 Å². The van der Waals surface area contributed by atoms with E-state index in [1.807, 2.05) is 6.92 Å². The number of furan rings is 1. The van der Waals surface area contributed by atoms with Gasteiger partial charge < -0.3 is 4.42 Å². The van der Waals surface area contributed by atoms with E-state index in [1.54, 1.807) is 12.3 Å². The molecule has 0 aliphatic rings. The predicted molar refractivity (Wildman–Crippen MR) is 43.2 cm³/mol. The largest absolute Gasteiger partial charge is 0.469 e. The van der Waals surface area contributed by atoms with Gasteiger partial charge in [-0.25, -0.2) is 0 Å². The molecule has 58 valence electrons. The van der Waals surface area contributed by atoms with E-state index in [9.17, 15) is 4.79 Å². The van der Waals surface area contributed by atoms with Gasteiger partial charge in [-0.15, -0.1) is 0 Å². The quantitative estimate of drug-likeness (QED) is 0.487. The van der Waals surface area contributed by atoms with E-state index in [1.165, 1.54) is 0 Å². The molecule has 2 nitrogen and oxygen atoms in total. The van der Waals surface area contributed by atoms with Crippen LogP contribution < -0.4 is 0 Å². The summed E-state index contributed by atoms with van der Waals surface area (Å²) in [6.07, 6.45) is 3.10. The van der Waals surface area contributed by atoms with Crippen molar-refractivity contribution in [2.45, 2.75) is 13.3 Å². The third-order valence-corrected chi connectivity index (χ3v) is 1.55. The molecule has 0 aromatic carbocycles. The third kappa shape index (κ3) is 1.40. The molecule has 0 amide bonds. The highest BCUT2D eigenvalue weighted by Gasteiger charge is 2.05. The molecule has 0 fully saturated rings. The van der Waals surface area contributed by atoms with Crippen molar-refractivity contribution in [2.75, 3.05) is 0 Å². The fourth-order valence-electron chi connectivity index (χ4n) is 0.964. The lowest BCUT2D eigenvalue weighted by Gasteiger charge is -1.94. The summed E-state index contributed by atoms with van der Waals surface area (Å²) in [5.74, 6) is 0.821. The molecule has 0 bridgehead atoms. The summed E-state index contributed by atoms with van der Waals surface area (Å²) in [7, 11) is 0. The Balaban J connectivity index is 3.01. The van der Waals surface area contributed by atoms with Crippen LogP contribution in [-0.4, -0.2) is 6.29 Å². The Kier molecular flexibility index (Phi) is 2.26. The molecule has 1 aromatic rings. The number of aryl methyl sites for hydroxylation is 1. The van der Waals surface area contributed by atoms with E-state index in [-0.39, 0.29) is 0 Å². The van der Waals surface area contributed by atoms with Gasteiger partial charge in [-0.3, -0.25) is 4.79 Å². The SMILES string of the molecule is C=C(C=O)c1ccoc1CC. The topological polar surface area (TPSA) is 30.2 Å². The van der Waals surface area contributed by atoms with Gasteiger partial charge in [0.2, 0.25) is 0 Å². The Bertz CT molecular complexity index is 271. The summed E-state index contributed by atoms with van der Waals surface area (Å²) in [5, 5.41) is 0. The minimum Gasteiger partial charge on any atom is -0.469 e. The van der Waals surface area contributed by atoms with Crippen LogP contribution in [0.2, 0.25) is 0 Å². The molecule has 0 aliphatic carbocycles. The molecule has 0 unspecified atom stereocenters. The maximum Gasteiger partial charge on any atom is 0.150 e. The lowest BCUT2D eigenvalue weighted by atomic mass is 10.1. The van der Waals surface area contributed by atoms with E-state index in [2.05, 4.69) is 6.58 Å². The van der Waals surface area contributed by atoms with Gasteiger partial charge >= 0.3 is 0 Å². The zero-order chi connectivity index (χ0) is 8.27. The number of hydrogen-bond acceptors (Lipinski definition) is 2. The van der Waals surface area contributed by atoms with Crippen LogP contribution in [0.3, 0.4) is 0 Å². The Morgan fingerprint density at radius 3 is 3.09 bits per heavy atom. The zero-order valence-electron chi connectivity index (χ0n) is 6.46. The van der Waals surface area contributed by atoms with Gasteiger partial charge in [0.05, 0.1) is 6.26 Å². The second kappa shape index (κ2) is 3.19. The molecule has 0 aliphatic heterocycles. The first-order chi connectivity index (χ1) is 5.29. The van der Waals surface area contributed by atoms with Crippen molar-refractivity contribution < 1.29 is 9.21 Å². The molecule has 2 heteroatoms. The van der Waals surface area contributed by atoms with Gasteiger partial charge in [0, 0.05) is 17.6 Å². The summed E-state index contributed by atoms with van der Waals surface area (Å²) in [6, 6.07) is 1.76. The Morgan fingerprint density at radius 1 is 1.82 bits per heavy atom. The molecule has 1 aromatic heterocycles. The Hall–Kier alpha value is -1.31. The van der Waals surface area contributed by atoms with Crippen molar-refractivity contribution in [1.82, 2.24) is 0 Å². The van der Waals surface area contributed by atoms with Gasteiger partial charge in [-0.05, 0) is 6.07 Å². The summed E-state index contributed by atoms with van der Waals surface area (Å²) in [6.45, 7) is 5.57. The molecule has 0 saturated heterocycles. The third-order valence-electron chi connectivity index (χ3n) is 1.55. The normalized spacial score (nSPS) is 9.55. The second-order valence-corrected chi connectivity index (χ2v) is 2.25. The Labute approximate surface area is 65.5 Å². The van der Waals surface area contributed by atoms with Crippen molar-refractivity contribution >= 4 is 11.9 Å². The average molecular weight is 150 g/mol. The van der Waals surface area contributed by atoms with Crippen LogP contribution >= 0.6 is 0 Å². The standard InChI is InChI=1S/C9H10O2/c1-3-9-8(4-5-11-9)7(2)6-10/h4-6H,2-3H2,1H3. The van der Waals surface area contributed by atoms with Gasteiger partial charge in [0.15, 0.2) is 0 Å². The van der Waals surface area contributed by atoms with Crippen LogP contribution in [0.1, 0.15) is 18.2 Å². The van der Waals surface area contributed by atoms with Crippen LogP contribution in [0.15, 0.2) is 23.3 Å². The highest BCUT2D eigenvalue weighted by atomic mass is 16.3. The van der Waals surface area contributed by atoms with Gasteiger partial charge in [0.1, 0.15) is 12.0 Å². The first-order valence-corrected chi connectivity index (χ1v) is 3.50. The van der Waals surface area contributed by atoms with E-state index in [0.29, 0.717) is 5.57 Å². The van der Waals surface area contributed by atoms with Gasteiger partial charge in [-0.1, -0.05) is 13.5 Å². The van der Waals surface area contributed by atoms with Crippen molar-refractivity contribution in [1.29, 1.82) is 0 Å².